The minimum absolute atomic E-state index is 0.188. The Labute approximate surface area is 151 Å². The molecule has 0 spiro atoms. The maximum absolute atomic E-state index is 12.2. The van der Waals surface area contributed by atoms with E-state index in [0.29, 0.717) is 33.6 Å². The highest BCUT2D eigenvalue weighted by atomic mass is 16.5. The molecular formula is C19H24N2O5. The van der Waals surface area contributed by atoms with Crippen molar-refractivity contribution in [3.63, 3.8) is 0 Å². The number of ether oxygens (including phenoxy) is 1. The normalized spacial score (nSPS) is 13.9. The number of rotatable bonds is 7. The number of H-pyrrole nitrogens is 1. The first-order valence-electron chi connectivity index (χ1n) is 8.60. The standard InChI is InChI=1S/C19H24N2O5/c1-26-19(25)18-16(10-2-3-10)17(15(6-20)21-18)12-5-4-11(7-22)13(8-23)14(12)9-24/h4-5,10,21-24H,2-3,6-9,20H2,1H3. The Morgan fingerprint density at radius 2 is 1.88 bits per heavy atom. The number of aliphatic hydroxyl groups excluding tert-OH is 3. The number of hydrogen-bond donors (Lipinski definition) is 5. The summed E-state index contributed by atoms with van der Waals surface area (Å²) in [4.78, 5) is 15.3. The van der Waals surface area contributed by atoms with Gasteiger partial charge in [-0.25, -0.2) is 4.79 Å². The SMILES string of the molecule is COC(=O)c1[nH]c(CN)c(-c2ccc(CO)c(CO)c2CO)c1C1CC1. The summed E-state index contributed by atoms with van der Waals surface area (Å²) in [6, 6.07) is 3.52. The van der Waals surface area contributed by atoms with Crippen molar-refractivity contribution in [2.75, 3.05) is 7.11 Å². The van der Waals surface area contributed by atoms with E-state index in [-0.39, 0.29) is 32.3 Å². The van der Waals surface area contributed by atoms with Crippen molar-refractivity contribution >= 4 is 5.97 Å². The number of carbonyl (C=O) groups excluding carboxylic acids is 1. The fraction of sp³-hybridized carbons (Fsp3) is 0.421. The van der Waals surface area contributed by atoms with E-state index in [4.69, 9.17) is 10.5 Å². The lowest BCUT2D eigenvalue weighted by Crippen LogP contribution is -2.06. The van der Waals surface area contributed by atoms with Gasteiger partial charge in [-0.05, 0) is 46.6 Å². The zero-order valence-electron chi connectivity index (χ0n) is 14.7. The van der Waals surface area contributed by atoms with Crippen LogP contribution < -0.4 is 5.73 Å². The molecule has 1 aromatic carbocycles. The minimum atomic E-state index is -0.451. The quantitative estimate of drug-likeness (QED) is 0.473. The van der Waals surface area contributed by atoms with E-state index >= 15 is 0 Å². The van der Waals surface area contributed by atoms with Crippen LogP contribution >= 0.6 is 0 Å². The molecule has 140 valence electrons. The lowest BCUT2D eigenvalue weighted by Gasteiger charge is -2.17. The van der Waals surface area contributed by atoms with Crippen LogP contribution in [0.25, 0.3) is 11.1 Å². The van der Waals surface area contributed by atoms with E-state index in [1.54, 1.807) is 12.1 Å². The summed E-state index contributed by atoms with van der Waals surface area (Å²) in [5.41, 5.74) is 10.9. The fourth-order valence-corrected chi connectivity index (χ4v) is 3.57. The van der Waals surface area contributed by atoms with Gasteiger partial charge in [-0.1, -0.05) is 12.1 Å². The third-order valence-electron chi connectivity index (χ3n) is 4.98. The van der Waals surface area contributed by atoms with Crippen molar-refractivity contribution in [3.8, 4) is 11.1 Å². The van der Waals surface area contributed by atoms with Crippen molar-refractivity contribution in [1.29, 1.82) is 0 Å². The van der Waals surface area contributed by atoms with E-state index in [0.717, 1.165) is 24.0 Å². The number of aromatic nitrogens is 1. The summed E-state index contributed by atoms with van der Waals surface area (Å²) in [5, 5.41) is 29.2. The van der Waals surface area contributed by atoms with Gasteiger partial charge >= 0.3 is 5.97 Å². The average molecular weight is 360 g/mol. The van der Waals surface area contributed by atoms with Gasteiger partial charge in [0.15, 0.2) is 0 Å². The highest BCUT2D eigenvalue weighted by molar-refractivity contribution is 5.94. The number of methoxy groups -OCH3 is 1. The van der Waals surface area contributed by atoms with Gasteiger partial charge in [0.1, 0.15) is 5.69 Å². The molecule has 1 aromatic heterocycles. The van der Waals surface area contributed by atoms with Gasteiger partial charge in [-0.15, -0.1) is 0 Å². The lowest BCUT2D eigenvalue weighted by atomic mass is 9.89. The molecule has 0 aliphatic heterocycles. The zero-order chi connectivity index (χ0) is 18.8. The Kier molecular flexibility index (Phi) is 5.43. The van der Waals surface area contributed by atoms with Gasteiger partial charge in [0.05, 0.1) is 26.9 Å². The number of benzene rings is 1. The molecule has 3 rings (SSSR count). The maximum atomic E-state index is 12.2. The van der Waals surface area contributed by atoms with Crippen LogP contribution in [-0.4, -0.2) is 33.4 Å². The molecule has 0 unspecified atom stereocenters. The summed E-state index contributed by atoms with van der Waals surface area (Å²) < 4.78 is 4.91. The fourth-order valence-electron chi connectivity index (χ4n) is 3.57. The summed E-state index contributed by atoms with van der Waals surface area (Å²) in [6.07, 6.45) is 1.93. The van der Waals surface area contributed by atoms with Gasteiger partial charge in [0, 0.05) is 17.8 Å². The highest BCUT2D eigenvalue weighted by Gasteiger charge is 2.35. The molecule has 0 atom stereocenters. The van der Waals surface area contributed by atoms with E-state index in [1.165, 1.54) is 7.11 Å². The molecule has 2 aromatic rings. The van der Waals surface area contributed by atoms with E-state index < -0.39 is 5.97 Å². The molecular weight excluding hydrogens is 336 g/mol. The smallest absolute Gasteiger partial charge is 0.354 e. The van der Waals surface area contributed by atoms with Gasteiger partial charge in [0.2, 0.25) is 0 Å². The van der Waals surface area contributed by atoms with Crippen molar-refractivity contribution in [2.24, 2.45) is 5.73 Å². The van der Waals surface area contributed by atoms with Crippen molar-refractivity contribution in [2.45, 2.75) is 45.1 Å². The summed E-state index contributed by atoms with van der Waals surface area (Å²) >= 11 is 0. The van der Waals surface area contributed by atoms with Crippen LogP contribution in [0.1, 0.15) is 57.2 Å². The third kappa shape index (κ3) is 3.03. The number of aliphatic hydroxyl groups is 3. The second-order valence-corrected chi connectivity index (χ2v) is 6.44. The van der Waals surface area contributed by atoms with E-state index in [1.807, 2.05) is 0 Å². The van der Waals surface area contributed by atoms with Gasteiger partial charge in [-0.3, -0.25) is 0 Å². The van der Waals surface area contributed by atoms with Crippen molar-refractivity contribution in [1.82, 2.24) is 4.98 Å². The summed E-state index contributed by atoms with van der Waals surface area (Å²) in [5.74, 6) is -0.218. The molecule has 1 heterocycles. The molecule has 7 heteroatoms. The van der Waals surface area contributed by atoms with Gasteiger partial charge in [0.25, 0.3) is 0 Å². The Morgan fingerprint density at radius 1 is 1.19 bits per heavy atom. The number of esters is 1. The van der Waals surface area contributed by atoms with Crippen LogP contribution in [-0.2, 0) is 31.1 Å². The Morgan fingerprint density at radius 3 is 2.38 bits per heavy atom. The zero-order valence-corrected chi connectivity index (χ0v) is 14.7. The Balaban J connectivity index is 2.30. The highest BCUT2D eigenvalue weighted by Crippen LogP contribution is 2.48. The molecule has 26 heavy (non-hydrogen) atoms. The van der Waals surface area contributed by atoms with E-state index in [2.05, 4.69) is 4.98 Å². The molecule has 1 fully saturated rings. The maximum Gasteiger partial charge on any atom is 0.354 e. The largest absolute Gasteiger partial charge is 0.464 e. The van der Waals surface area contributed by atoms with Gasteiger partial charge < -0.3 is 30.8 Å². The molecule has 0 bridgehead atoms. The minimum Gasteiger partial charge on any atom is -0.464 e. The predicted molar refractivity (Wildman–Crippen MR) is 95.2 cm³/mol. The molecule has 0 radical (unpaired) electrons. The molecule has 0 amide bonds. The summed E-state index contributed by atoms with van der Waals surface area (Å²) in [7, 11) is 1.33. The summed E-state index contributed by atoms with van der Waals surface area (Å²) in [6.45, 7) is -0.646. The van der Waals surface area contributed by atoms with Crippen LogP contribution in [0.2, 0.25) is 0 Å². The van der Waals surface area contributed by atoms with Crippen LogP contribution in [0.3, 0.4) is 0 Å². The number of aromatic amines is 1. The topological polar surface area (TPSA) is 129 Å². The number of nitrogens with two attached hydrogens (primary N) is 1. The molecule has 7 nitrogen and oxygen atoms in total. The Hall–Kier alpha value is -2.19. The number of nitrogens with one attached hydrogen (secondary N) is 1. The predicted octanol–water partition coefficient (Wildman–Crippen LogP) is 1.28. The van der Waals surface area contributed by atoms with Crippen molar-refractivity contribution in [3.05, 3.63) is 45.8 Å². The number of carbonyl (C=O) groups is 1. The van der Waals surface area contributed by atoms with E-state index in [9.17, 15) is 20.1 Å². The van der Waals surface area contributed by atoms with Crippen LogP contribution in [0.5, 0.6) is 0 Å². The van der Waals surface area contributed by atoms with Gasteiger partial charge in [-0.2, -0.15) is 0 Å². The molecule has 1 saturated carbocycles. The first kappa shape index (κ1) is 18.6. The average Bonchev–Trinajstić information content (AvgIpc) is 3.45. The second kappa shape index (κ2) is 7.59. The molecule has 1 aliphatic rings. The first-order valence-corrected chi connectivity index (χ1v) is 8.60. The van der Waals surface area contributed by atoms with Crippen LogP contribution in [0.4, 0.5) is 0 Å². The van der Waals surface area contributed by atoms with Crippen LogP contribution in [0, 0.1) is 0 Å². The monoisotopic (exact) mass is 360 g/mol. The third-order valence-corrected chi connectivity index (χ3v) is 4.98. The first-order chi connectivity index (χ1) is 12.6. The van der Waals surface area contributed by atoms with Crippen LogP contribution in [0.15, 0.2) is 12.1 Å². The molecule has 6 N–H and O–H groups in total. The van der Waals surface area contributed by atoms with Crippen molar-refractivity contribution < 1.29 is 24.9 Å². The Bertz CT molecular complexity index is 824. The lowest BCUT2D eigenvalue weighted by molar-refractivity contribution is 0.0593. The molecule has 1 aliphatic carbocycles. The molecule has 0 saturated heterocycles. The number of hydrogen-bond acceptors (Lipinski definition) is 6. The second-order valence-electron chi connectivity index (χ2n) is 6.44.